The Morgan fingerprint density at radius 2 is 1.19 bits per heavy atom. The highest BCUT2D eigenvalue weighted by Crippen LogP contribution is 2.33. The molecule has 47 heavy (non-hydrogen) atoms. The predicted octanol–water partition coefficient (Wildman–Crippen LogP) is 8.97. The molecule has 0 saturated heterocycles. The first-order chi connectivity index (χ1) is 23.3. The molecule has 0 saturated carbocycles. The van der Waals surface area contributed by atoms with Crippen molar-refractivity contribution >= 4 is 32.8 Å². The first-order valence-corrected chi connectivity index (χ1v) is 15.4. The lowest BCUT2D eigenvalue weighted by molar-refractivity contribution is 1.08. The van der Waals surface area contributed by atoms with Crippen LogP contribution in [0.25, 0.3) is 83.8 Å². The molecule has 0 aliphatic carbocycles. The summed E-state index contributed by atoms with van der Waals surface area (Å²) in [6.45, 7) is 0. The summed E-state index contributed by atoms with van der Waals surface area (Å²) in [4.78, 5) is 28.9. The van der Waals surface area contributed by atoms with Crippen LogP contribution < -0.4 is 0 Å². The molecular weight excluding hydrogens is 578 g/mol. The number of aromatic nitrogens is 7. The molecule has 0 unspecified atom stereocenters. The summed E-state index contributed by atoms with van der Waals surface area (Å²) in [7, 11) is 0. The van der Waals surface area contributed by atoms with Crippen LogP contribution in [0.1, 0.15) is 0 Å². The van der Waals surface area contributed by atoms with Gasteiger partial charge >= 0.3 is 0 Å². The maximum atomic E-state index is 5.05. The normalized spacial score (nSPS) is 11.4. The second-order valence-corrected chi connectivity index (χ2v) is 11.3. The molecular formula is C40H25N7. The van der Waals surface area contributed by atoms with Gasteiger partial charge in [0.25, 0.3) is 0 Å². The SMILES string of the molecule is c1ccc(-c2ccc3ccc(-c4cc(-c5ccc(-n6c7ccccc7c7cnccc76)nc5)nc(-c5ccccn5)c4)nc3n2)cc1. The summed E-state index contributed by atoms with van der Waals surface area (Å²) in [6, 6.07) is 42.8. The minimum atomic E-state index is 0.689. The molecule has 0 spiro atoms. The predicted molar refractivity (Wildman–Crippen MR) is 187 cm³/mol. The molecule has 7 aromatic heterocycles. The van der Waals surface area contributed by atoms with Crippen molar-refractivity contribution in [3.05, 3.63) is 152 Å². The van der Waals surface area contributed by atoms with Crippen molar-refractivity contribution < 1.29 is 0 Å². The van der Waals surface area contributed by atoms with Crippen LogP contribution in [0.4, 0.5) is 0 Å². The molecule has 0 amide bonds. The van der Waals surface area contributed by atoms with Gasteiger partial charge < -0.3 is 0 Å². The van der Waals surface area contributed by atoms with Gasteiger partial charge in [0.1, 0.15) is 5.82 Å². The Balaban J connectivity index is 1.16. The average Bonchev–Trinajstić information content (AvgIpc) is 3.49. The Hall–Kier alpha value is -6.60. The van der Waals surface area contributed by atoms with Crippen molar-refractivity contribution in [1.82, 2.24) is 34.5 Å². The van der Waals surface area contributed by atoms with Crippen LogP contribution in [0, 0.1) is 0 Å². The largest absolute Gasteiger partial charge is 0.294 e. The number of hydrogen-bond donors (Lipinski definition) is 0. The van der Waals surface area contributed by atoms with Crippen LogP contribution in [-0.4, -0.2) is 34.5 Å². The van der Waals surface area contributed by atoms with Gasteiger partial charge in [-0.1, -0.05) is 54.6 Å². The molecule has 0 N–H and O–H groups in total. The maximum absolute atomic E-state index is 5.05. The summed E-state index contributed by atoms with van der Waals surface area (Å²) in [5, 5.41) is 3.22. The number of hydrogen-bond acceptors (Lipinski definition) is 6. The third-order valence-corrected chi connectivity index (χ3v) is 8.42. The van der Waals surface area contributed by atoms with Gasteiger partial charge in [0, 0.05) is 57.6 Å². The second-order valence-electron chi connectivity index (χ2n) is 11.3. The van der Waals surface area contributed by atoms with Gasteiger partial charge in [-0.05, 0) is 72.8 Å². The van der Waals surface area contributed by atoms with E-state index in [9.17, 15) is 0 Å². The van der Waals surface area contributed by atoms with Gasteiger partial charge in [-0.2, -0.15) is 0 Å². The summed E-state index contributed by atoms with van der Waals surface area (Å²) in [5.74, 6) is 0.823. The van der Waals surface area contributed by atoms with E-state index in [0.717, 1.165) is 78.2 Å². The lowest BCUT2D eigenvalue weighted by Crippen LogP contribution is -1.98. The molecule has 0 aliphatic heterocycles. The lowest BCUT2D eigenvalue weighted by Gasteiger charge is -2.11. The van der Waals surface area contributed by atoms with E-state index in [1.165, 1.54) is 0 Å². The number of nitrogens with zero attached hydrogens (tertiary/aromatic N) is 7. The molecule has 0 aliphatic rings. The van der Waals surface area contributed by atoms with E-state index < -0.39 is 0 Å². The summed E-state index contributed by atoms with van der Waals surface area (Å²) < 4.78 is 2.18. The van der Waals surface area contributed by atoms with E-state index in [2.05, 4.69) is 69.1 Å². The number of pyridine rings is 6. The van der Waals surface area contributed by atoms with Crippen LogP contribution in [-0.2, 0) is 0 Å². The zero-order valence-electron chi connectivity index (χ0n) is 25.1. The summed E-state index contributed by atoms with van der Waals surface area (Å²) >= 11 is 0. The van der Waals surface area contributed by atoms with Gasteiger partial charge in [-0.15, -0.1) is 0 Å². The van der Waals surface area contributed by atoms with E-state index in [4.69, 9.17) is 19.9 Å². The Bertz CT molecular complexity index is 2510. The van der Waals surface area contributed by atoms with E-state index in [1.807, 2.05) is 91.4 Å². The lowest BCUT2D eigenvalue weighted by atomic mass is 10.0. The van der Waals surface area contributed by atoms with Gasteiger partial charge in [0.2, 0.25) is 0 Å². The number of rotatable bonds is 5. The quantitative estimate of drug-likeness (QED) is 0.195. The molecule has 7 heteroatoms. The fraction of sp³-hybridized carbons (Fsp3) is 0. The topological polar surface area (TPSA) is 82.3 Å². The number of fused-ring (bicyclic) bond motifs is 4. The Labute approximate surface area is 269 Å². The maximum Gasteiger partial charge on any atom is 0.160 e. The zero-order valence-corrected chi connectivity index (χ0v) is 25.1. The van der Waals surface area contributed by atoms with Gasteiger partial charge in [0.05, 0.1) is 39.5 Å². The van der Waals surface area contributed by atoms with Crippen molar-refractivity contribution in [1.29, 1.82) is 0 Å². The molecule has 220 valence electrons. The third-order valence-electron chi connectivity index (χ3n) is 8.42. The van der Waals surface area contributed by atoms with Crippen molar-refractivity contribution in [2.24, 2.45) is 0 Å². The Morgan fingerprint density at radius 1 is 0.426 bits per heavy atom. The number of benzene rings is 2. The smallest absolute Gasteiger partial charge is 0.160 e. The molecule has 0 bridgehead atoms. The molecule has 9 rings (SSSR count). The average molecular weight is 604 g/mol. The van der Waals surface area contributed by atoms with Crippen LogP contribution in [0.3, 0.4) is 0 Å². The molecule has 9 aromatic rings. The molecule has 7 heterocycles. The molecule has 0 atom stereocenters. The van der Waals surface area contributed by atoms with Crippen LogP contribution in [0.15, 0.2) is 152 Å². The van der Waals surface area contributed by atoms with E-state index >= 15 is 0 Å². The van der Waals surface area contributed by atoms with E-state index in [-0.39, 0.29) is 0 Å². The van der Waals surface area contributed by atoms with E-state index in [1.54, 1.807) is 6.20 Å². The molecule has 0 radical (unpaired) electrons. The summed E-state index contributed by atoms with van der Waals surface area (Å²) in [5.41, 5.74) is 9.70. The van der Waals surface area contributed by atoms with Gasteiger partial charge in [0.15, 0.2) is 5.65 Å². The first kappa shape index (κ1) is 26.8. The highest BCUT2D eigenvalue weighted by Gasteiger charge is 2.15. The number of para-hydroxylation sites is 1. The Morgan fingerprint density at radius 3 is 2.00 bits per heavy atom. The second kappa shape index (κ2) is 11.1. The molecule has 0 fully saturated rings. The van der Waals surface area contributed by atoms with E-state index in [0.29, 0.717) is 5.65 Å². The van der Waals surface area contributed by atoms with Gasteiger partial charge in [-0.3, -0.25) is 14.5 Å². The van der Waals surface area contributed by atoms with Crippen molar-refractivity contribution in [3.8, 4) is 51.0 Å². The minimum Gasteiger partial charge on any atom is -0.294 e. The standard InChI is InChI=1S/C40H25N7/c1-2-8-26(9-3-1)32-16-13-27-14-17-33(46-40(27)45-32)29-22-35(44-36(23-29)34-11-6-7-20-42-34)28-15-18-39(43-24-28)47-37-12-5-4-10-30(37)31-25-41-21-19-38(31)47/h1-25H. The van der Waals surface area contributed by atoms with Gasteiger partial charge in [-0.25, -0.2) is 19.9 Å². The summed E-state index contributed by atoms with van der Waals surface area (Å²) in [6.07, 6.45) is 7.40. The zero-order chi connectivity index (χ0) is 31.2. The highest BCUT2D eigenvalue weighted by molar-refractivity contribution is 6.08. The fourth-order valence-electron chi connectivity index (χ4n) is 6.13. The van der Waals surface area contributed by atoms with Crippen molar-refractivity contribution in [3.63, 3.8) is 0 Å². The monoisotopic (exact) mass is 603 g/mol. The Kier molecular flexibility index (Phi) is 6.31. The minimum absolute atomic E-state index is 0.689. The van der Waals surface area contributed by atoms with Crippen LogP contribution >= 0.6 is 0 Å². The van der Waals surface area contributed by atoms with Crippen LogP contribution in [0.5, 0.6) is 0 Å². The molecule has 2 aromatic carbocycles. The van der Waals surface area contributed by atoms with Crippen molar-refractivity contribution in [2.75, 3.05) is 0 Å². The highest BCUT2D eigenvalue weighted by atomic mass is 15.1. The first-order valence-electron chi connectivity index (χ1n) is 15.4. The van der Waals surface area contributed by atoms with Crippen molar-refractivity contribution in [2.45, 2.75) is 0 Å². The molecule has 7 nitrogen and oxygen atoms in total. The third kappa shape index (κ3) is 4.78. The van der Waals surface area contributed by atoms with Crippen LogP contribution in [0.2, 0.25) is 0 Å². The fourth-order valence-corrected chi connectivity index (χ4v) is 6.13.